The summed E-state index contributed by atoms with van der Waals surface area (Å²) < 4.78 is 0. The zero-order valence-corrected chi connectivity index (χ0v) is 9.86. The van der Waals surface area contributed by atoms with Gasteiger partial charge in [0.25, 0.3) is 0 Å². The third-order valence-electron chi connectivity index (χ3n) is 2.71. The van der Waals surface area contributed by atoms with Crippen molar-refractivity contribution < 1.29 is 9.90 Å². The van der Waals surface area contributed by atoms with Gasteiger partial charge in [0, 0.05) is 0 Å². The molecule has 2 heteroatoms. The van der Waals surface area contributed by atoms with Crippen LogP contribution < -0.4 is 0 Å². The summed E-state index contributed by atoms with van der Waals surface area (Å²) >= 11 is 0. The van der Waals surface area contributed by atoms with Crippen LogP contribution in [0, 0.1) is 0 Å². The van der Waals surface area contributed by atoms with Crippen molar-refractivity contribution in [2.45, 2.75) is 5.92 Å². The number of aliphatic carboxylic acids is 1. The molecule has 2 aromatic rings. The third-order valence-corrected chi connectivity index (χ3v) is 2.71. The molecule has 0 amide bonds. The smallest absolute Gasteiger partial charge is 0.314 e. The van der Waals surface area contributed by atoms with E-state index in [2.05, 4.69) is 0 Å². The molecular formula is C16H14O2. The highest BCUT2D eigenvalue weighted by Gasteiger charge is 2.15. The Kier molecular flexibility index (Phi) is 3.92. The lowest BCUT2D eigenvalue weighted by Crippen LogP contribution is -2.08. The lowest BCUT2D eigenvalue weighted by molar-refractivity contribution is -0.137. The lowest BCUT2D eigenvalue weighted by atomic mass is 9.98. The van der Waals surface area contributed by atoms with E-state index in [1.54, 1.807) is 6.08 Å². The minimum absolute atomic E-state index is 0.605. The highest BCUT2D eigenvalue weighted by Crippen LogP contribution is 2.18. The zero-order chi connectivity index (χ0) is 12.8. The van der Waals surface area contributed by atoms with Crippen molar-refractivity contribution in [1.29, 1.82) is 0 Å². The number of carbonyl (C=O) groups is 1. The predicted molar refractivity (Wildman–Crippen MR) is 72.3 cm³/mol. The Morgan fingerprint density at radius 2 is 1.50 bits per heavy atom. The summed E-state index contributed by atoms with van der Waals surface area (Å²) in [5, 5.41) is 9.25. The zero-order valence-electron chi connectivity index (χ0n) is 9.86. The number of carboxylic acid groups (broad SMARTS) is 1. The first-order valence-corrected chi connectivity index (χ1v) is 5.78. The molecule has 90 valence electrons. The van der Waals surface area contributed by atoms with Crippen LogP contribution in [0.15, 0.2) is 66.7 Å². The molecule has 0 radical (unpaired) electrons. The summed E-state index contributed by atoms with van der Waals surface area (Å²) in [7, 11) is 0. The van der Waals surface area contributed by atoms with Crippen molar-refractivity contribution in [2.75, 3.05) is 0 Å². The van der Waals surface area contributed by atoms with Gasteiger partial charge in [0.05, 0.1) is 0 Å². The summed E-state index contributed by atoms with van der Waals surface area (Å²) in [4.78, 5) is 11.3. The van der Waals surface area contributed by atoms with E-state index in [1.807, 2.05) is 66.7 Å². The molecule has 0 spiro atoms. The fourth-order valence-electron chi connectivity index (χ4n) is 1.77. The Balaban J connectivity index is 2.23. The highest BCUT2D eigenvalue weighted by atomic mass is 16.4. The highest BCUT2D eigenvalue weighted by molar-refractivity contribution is 5.80. The van der Waals surface area contributed by atoms with Crippen LogP contribution in [0.5, 0.6) is 0 Å². The van der Waals surface area contributed by atoms with Crippen LogP contribution >= 0.6 is 0 Å². The van der Waals surface area contributed by atoms with E-state index >= 15 is 0 Å². The maximum Gasteiger partial charge on any atom is 0.314 e. The van der Waals surface area contributed by atoms with Crippen molar-refractivity contribution in [3.63, 3.8) is 0 Å². The molecule has 18 heavy (non-hydrogen) atoms. The molecule has 0 unspecified atom stereocenters. The molecule has 2 rings (SSSR count). The molecule has 1 N–H and O–H groups in total. The Bertz CT molecular complexity index is 530. The van der Waals surface area contributed by atoms with Gasteiger partial charge in [-0.25, -0.2) is 0 Å². The largest absolute Gasteiger partial charge is 0.481 e. The van der Waals surface area contributed by atoms with Crippen LogP contribution in [-0.2, 0) is 4.79 Å². The van der Waals surface area contributed by atoms with Gasteiger partial charge in [-0.1, -0.05) is 72.8 Å². The van der Waals surface area contributed by atoms with Gasteiger partial charge in [0.2, 0.25) is 0 Å². The molecule has 0 saturated carbocycles. The summed E-state index contributed by atoms with van der Waals surface area (Å²) in [6.07, 6.45) is 3.55. The van der Waals surface area contributed by atoms with Crippen molar-refractivity contribution in [1.82, 2.24) is 0 Å². The van der Waals surface area contributed by atoms with Crippen LogP contribution in [0.4, 0.5) is 0 Å². The summed E-state index contributed by atoms with van der Waals surface area (Å²) in [6, 6.07) is 18.9. The fraction of sp³-hybridized carbons (Fsp3) is 0.0625. The van der Waals surface area contributed by atoms with Crippen molar-refractivity contribution in [3.8, 4) is 0 Å². The standard InChI is InChI=1S/C16H14O2/c17-16(18)15(14-9-5-2-6-10-14)12-11-13-7-3-1-4-8-13/h1-12,15H,(H,17,18)/b12-11+/t15-/m1/s1. The second kappa shape index (κ2) is 5.82. The first-order chi connectivity index (χ1) is 8.77. The molecule has 0 aliphatic rings. The lowest BCUT2D eigenvalue weighted by Gasteiger charge is -2.07. The van der Waals surface area contributed by atoms with Crippen LogP contribution in [0.3, 0.4) is 0 Å². The minimum atomic E-state index is -0.839. The predicted octanol–water partition coefficient (Wildman–Crippen LogP) is 3.57. The van der Waals surface area contributed by atoms with Gasteiger partial charge in [0.1, 0.15) is 5.92 Å². The van der Waals surface area contributed by atoms with Gasteiger partial charge in [-0.3, -0.25) is 4.79 Å². The summed E-state index contributed by atoms with van der Waals surface area (Å²) in [5.74, 6) is -1.44. The molecule has 1 atom stereocenters. The van der Waals surface area contributed by atoms with Gasteiger partial charge in [-0.2, -0.15) is 0 Å². The van der Waals surface area contributed by atoms with Gasteiger partial charge in [-0.15, -0.1) is 0 Å². The van der Waals surface area contributed by atoms with E-state index in [0.717, 1.165) is 11.1 Å². The average molecular weight is 238 g/mol. The van der Waals surface area contributed by atoms with Crippen LogP contribution in [0.25, 0.3) is 6.08 Å². The van der Waals surface area contributed by atoms with Crippen LogP contribution in [0.2, 0.25) is 0 Å². The second-order valence-corrected chi connectivity index (χ2v) is 4.00. The Morgan fingerprint density at radius 1 is 0.944 bits per heavy atom. The number of carboxylic acids is 1. The molecule has 0 aliphatic heterocycles. The fourth-order valence-corrected chi connectivity index (χ4v) is 1.77. The Morgan fingerprint density at radius 3 is 2.06 bits per heavy atom. The van der Waals surface area contributed by atoms with Gasteiger partial charge >= 0.3 is 5.97 Å². The molecule has 0 heterocycles. The van der Waals surface area contributed by atoms with Gasteiger partial charge in [-0.05, 0) is 11.1 Å². The maximum absolute atomic E-state index is 11.3. The quantitative estimate of drug-likeness (QED) is 0.884. The normalized spacial score (nSPS) is 12.4. The minimum Gasteiger partial charge on any atom is -0.481 e. The molecule has 2 nitrogen and oxygen atoms in total. The van der Waals surface area contributed by atoms with E-state index in [0.29, 0.717) is 0 Å². The van der Waals surface area contributed by atoms with Crippen molar-refractivity contribution >= 4 is 12.0 Å². The molecule has 0 aromatic heterocycles. The SMILES string of the molecule is O=C(O)[C@H](/C=C/c1ccccc1)c1ccccc1. The van der Waals surface area contributed by atoms with Crippen LogP contribution in [-0.4, -0.2) is 11.1 Å². The van der Waals surface area contributed by atoms with Crippen LogP contribution in [0.1, 0.15) is 17.0 Å². The summed E-state index contributed by atoms with van der Waals surface area (Å²) in [5.41, 5.74) is 1.79. The second-order valence-electron chi connectivity index (χ2n) is 4.00. The third kappa shape index (κ3) is 3.08. The van der Waals surface area contributed by atoms with Crippen molar-refractivity contribution in [3.05, 3.63) is 77.9 Å². The van der Waals surface area contributed by atoms with E-state index in [-0.39, 0.29) is 0 Å². The van der Waals surface area contributed by atoms with E-state index in [9.17, 15) is 9.90 Å². The molecule has 0 bridgehead atoms. The number of hydrogen-bond acceptors (Lipinski definition) is 1. The molecule has 0 aliphatic carbocycles. The van der Waals surface area contributed by atoms with E-state index in [1.165, 1.54) is 0 Å². The van der Waals surface area contributed by atoms with Gasteiger partial charge < -0.3 is 5.11 Å². The van der Waals surface area contributed by atoms with Gasteiger partial charge in [0.15, 0.2) is 0 Å². The first-order valence-electron chi connectivity index (χ1n) is 5.78. The average Bonchev–Trinajstić information content (AvgIpc) is 2.41. The van der Waals surface area contributed by atoms with Crippen molar-refractivity contribution in [2.24, 2.45) is 0 Å². The topological polar surface area (TPSA) is 37.3 Å². The molecule has 2 aromatic carbocycles. The Labute approximate surface area is 106 Å². The molecular weight excluding hydrogens is 224 g/mol. The monoisotopic (exact) mass is 238 g/mol. The number of hydrogen-bond donors (Lipinski definition) is 1. The van der Waals surface area contributed by atoms with E-state index < -0.39 is 11.9 Å². The number of rotatable bonds is 4. The summed E-state index contributed by atoms with van der Waals surface area (Å²) in [6.45, 7) is 0. The first kappa shape index (κ1) is 12.1. The molecule has 0 fully saturated rings. The molecule has 0 saturated heterocycles. The maximum atomic E-state index is 11.3. The number of benzene rings is 2. The van der Waals surface area contributed by atoms with E-state index in [4.69, 9.17) is 0 Å². The Hall–Kier alpha value is -2.35.